The summed E-state index contributed by atoms with van der Waals surface area (Å²) >= 11 is 0. The average Bonchev–Trinajstić information content (AvgIpc) is 1.90. The Bertz CT molecular complexity index is 150. The van der Waals surface area contributed by atoms with Gasteiger partial charge in [-0.05, 0) is 12.1 Å². The molecule has 0 aliphatic heterocycles. The topological polar surface area (TPSA) is 12.0 Å². The molecule has 0 aliphatic carbocycles. The molecule has 1 aromatic carbocycles. The molecule has 1 rings (SSSR count). The van der Waals surface area contributed by atoms with E-state index in [0.717, 1.165) is 5.69 Å². The number of anilines is 1. The molecule has 0 spiro atoms. The van der Waals surface area contributed by atoms with E-state index in [2.05, 4.69) is 12.4 Å². The van der Waals surface area contributed by atoms with Crippen LogP contribution in [0, 0.1) is 7.05 Å². The first-order valence-corrected chi connectivity index (χ1v) is 2.51. The molecular weight excluding hydrogens is 105 g/mol. The molecule has 0 heterocycles. The Morgan fingerprint density at radius 2 is 1.67 bits per heavy atom. The van der Waals surface area contributed by atoms with Crippen LogP contribution < -0.4 is 24.2 Å². The number of rotatable bonds is 1. The number of nitrogens with one attached hydrogen (secondary N) is 1. The molecule has 0 aromatic heterocycles. The monoisotopic (exact) mass is 113 g/mol. The second-order valence-corrected chi connectivity index (χ2v) is 1.54. The minimum atomic E-state index is 0. The van der Waals surface area contributed by atoms with Gasteiger partial charge in [-0.3, -0.25) is 7.05 Å². The summed E-state index contributed by atoms with van der Waals surface area (Å²) in [5.74, 6) is 0. The van der Waals surface area contributed by atoms with Crippen molar-refractivity contribution in [1.29, 1.82) is 0 Å². The van der Waals surface area contributed by atoms with Crippen molar-refractivity contribution in [3.05, 3.63) is 37.4 Å². The number of hydrogen-bond donors (Lipinski definition) is 1. The first kappa shape index (κ1) is 8.62. The van der Waals surface area contributed by atoms with Gasteiger partial charge in [0.2, 0.25) is 0 Å². The molecular formula is C7H8LiN. The Labute approximate surface area is 67.6 Å². The Morgan fingerprint density at radius 3 is 2.00 bits per heavy atom. The molecule has 1 aromatic rings. The van der Waals surface area contributed by atoms with Crippen molar-refractivity contribution in [2.24, 2.45) is 0 Å². The van der Waals surface area contributed by atoms with E-state index >= 15 is 0 Å². The first-order valence-electron chi connectivity index (χ1n) is 2.51. The molecule has 1 nitrogen and oxygen atoms in total. The summed E-state index contributed by atoms with van der Waals surface area (Å²) in [6, 6.07) is 9.84. The molecule has 0 saturated carbocycles. The van der Waals surface area contributed by atoms with Gasteiger partial charge in [0.25, 0.3) is 0 Å². The van der Waals surface area contributed by atoms with Gasteiger partial charge in [0.05, 0.1) is 0 Å². The zero-order chi connectivity index (χ0) is 5.82. The SMILES string of the molecule is [CH2-]Nc1ccccc1.[Li+]. The predicted molar refractivity (Wildman–Crippen MR) is 35.4 cm³/mol. The molecule has 42 valence electrons. The summed E-state index contributed by atoms with van der Waals surface area (Å²) in [4.78, 5) is 0. The molecule has 0 saturated heterocycles. The van der Waals surface area contributed by atoms with E-state index in [9.17, 15) is 0 Å². The molecule has 0 atom stereocenters. The van der Waals surface area contributed by atoms with Gasteiger partial charge < -0.3 is 5.32 Å². The molecule has 0 aliphatic rings. The van der Waals surface area contributed by atoms with Gasteiger partial charge >= 0.3 is 18.9 Å². The smallest absolute Gasteiger partial charge is 0.538 e. The number of benzene rings is 1. The van der Waals surface area contributed by atoms with E-state index in [1.54, 1.807) is 0 Å². The maximum atomic E-state index is 3.51. The normalized spacial score (nSPS) is 7.67. The van der Waals surface area contributed by atoms with Crippen molar-refractivity contribution in [2.45, 2.75) is 0 Å². The van der Waals surface area contributed by atoms with E-state index in [1.807, 2.05) is 30.3 Å². The summed E-state index contributed by atoms with van der Waals surface area (Å²) in [5, 5.41) is 2.78. The third-order valence-electron chi connectivity index (χ3n) is 0.978. The van der Waals surface area contributed by atoms with Crippen LogP contribution in [-0.4, -0.2) is 0 Å². The zero-order valence-corrected chi connectivity index (χ0v) is 5.59. The third-order valence-corrected chi connectivity index (χ3v) is 0.978. The minimum absolute atomic E-state index is 0. The van der Waals surface area contributed by atoms with E-state index in [0.29, 0.717) is 0 Å². The van der Waals surface area contributed by atoms with Crippen LogP contribution in [0.4, 0.5) is 5.69 Å². The van der Waals surface area contributed by atoms with Crippen molar-refractivity contribution in [3.63, 3.8) is 0 Å². The van der Waals surface area contributed by atoms with E-state index in [-0.39, 0.29) is 18.9 Å². The summed E-state index contributed by atoms with van der Waals surface area (Å²) in [6.45, 7) is 0. The van der Waals surface area contributed by atoms with Crippen molar-refractivity contribution < 1.29 is 18.9 Å². The summed E-state index contributed by atoms with van der Waals surface area (Å²) in [7, 11) is 3.51. The van der Waals surface area contributed by atoms with Gasteiger partial charge in [-0.25, -0.2) is 0 Å². The second kappa shape index (κ2) is 4.49. The molecule has 9 heavy (non-hydrogen) atoms. The number of hydrogen-bond acceptors (Lipinski definition) is 1. The maximum Gasteiger partial charge on any atom is 1.00 e. The van der Waals surface area contributed by atoms with Gasteiger partial charge in [0.15, 0.2) is 0 Å². The molecule has 0 fully saturated rings. The van der Waals surface area contributed by atoms with Gasteiger partial charge in [-0.1, -0.05) is 18.2 Å². The van der Waals surface area contributed by atoms with E-state index < -0.39 is 0 Å². The van der Waals surface area contributed by atoms with Gasteiger partial charge in [-0.15, -0.1) is 0 Å². The van der Waals surface area contributed by atoms with Crippen LogP contribution in [0.5, 0.6) is 0 Å². The minimum Gasteiger partial charge on any atom is -0.538 e. The van der Waals surface area contributed by atoms with E-state index in [4.69, 9.17) is 0 Å². The van der Waals surface area contributed by atoms with Crippen LogP contribution in [0.3, 0.4) is 0 Å². The van der Waals surface area contributed by atoms with E-state index in [1.165, 1.54) is 0 Å². The average molecular weight is 113 g/mol. The van der Waals surface area contributed by atoms with Crippen molar-refractivity contribution in [2.75, 3.05) is 5.32 Å². The van der Waals surface area contributed by atoms with Crippen molar-refractivity contribution in [1.82, 2.24) is 0 Å². The van der Waals surface area contributed by atoms with Gasteiger partial charge in [0.1, 0.15) is 0 Å². The molecule has 0 amide bonds. The van der Waals surface area contributed by atoms with Gasteiger partial charge in [0, 0.05) is 5.69 Å². The van der Waals surface area contributed by atoms with Crippen LogP contribution in [0.2, 0.25) is 0 Å². The molecule has 2 heteroatoms. The van der Waals surface area contributed by atoms with Crippen LogP contribution >= 0.6 is 0 Å². The largest absolute Gasteiger partial charge is 1.00 e. The first-order chi connectivity index (χ1) is 3.93. The van der Waals surface area contributed by atoms with Crippen molar-refractivity contribution >= 4 is 5.69 Å². The third kappa shape index (κ3) is 2.60. The molecule has 1 N–H and O–H groups in total. The van der Waals surface area contributed by atoms with Crippen LogP contribution in [0.15, 0.2) is 30.3 Å². The predicted octanol–water partition coefficient (Wildman–Crippen LogP) is -1.11. The maximum absolute atomic E-state index is 3.51. The Balaban J connectivity index is 0.000000640. The fourth-order valence-corrected chi connectivity index (χ4v) is 0.556. The number of para-hydroxylation sites is 1. The second-order valence-electron chi connectivity index (χ2n) is 1.54. The molecule has 0 unspecified atom stereocenters. The summed E-state index contributed by atoms with van der Waals surface area (Å²) < 4.78 is 0. The zero-order valence-electron chi connectivity index (χ0n) is 5.59. The van der Waals surface area contributed by atoms with Crippen LogP contribution in [0.1, 0.15) is 0 Å². The Kier molecular flexibility index (Phi) is 4.30. The van der Waals surface area contributed by atoms with Crippen molar-refractivity contribution in [3.8, 4) is 0 Å². The standard InChI is InChI=1S/C7H8N.Li/c1-8-7-5-3-2-4-6-7;/h2-6,8H,1H2;/q-1;+1. The Morgan fingerprint density at radius 1 is 1.11 bits per heavy atom. The quantitative estimate of drug-likeness (QED) is 0.360. The van der Waals surface area contributed by atoms with Crippen LogP contribution in [-0.2, 0) is 0 Å². The summed E-state index contributed by atoms with van der Waals surface area (Å²) in [5.41, 5.74) is 1.05. The molecule has 0 radical (unpaired) electrons. The van der Waals surface area contributed by atoms with Crippen LogP contribution in [0.25, 0.3) is 0 Å². The summed E-state index contributed by atoms with van der Waals surface area (Å²) in [6.07, 6.45) is 0. The Hall–Kier alpha value is -0.383. The fourth-order valence-electron chi connectivity index (χ4n) is 0.556. The van der Waals surface area contributed by atoms with Gasteiger partial charge in [-0.2, -0.15) is 0 Å². The fraction of sp³-hybridized carbons (Fsp3) is 0. The molecule has 0 bridgehead atoms.